The minimum atomic E-state index is 0.00457. The van der Waals surface area contributed by atoms with Crippen molar-refractivity contribution in [2.24, 2.45) is 0 Å². The third-order valence-corrected chi connectivity index (χ3v) is 5.40. The smallest absolute Gasteiger partial charge is 0.154 e. The van der Waals surface area contributed by atoms with Crippen molar-refractivity contribution in [3.8, 4) is 11.4 Å². The molecule has 2 aliphatic rings. The summed E-state index contributed by atoms with van der Waals surface area (Å²) >= 11 is 0. The number of anilines is 1. The maximum atomic E-state index is 9.67. The van der Waals surface area contributed by atoms with Gasteiger partial charge in [-0.3, -0.25) is 0 Å². The van der Waals surface area contributed by atoms with Gasteiger partial charge in [-0.25, -0.2) is 14.5 Å². The summed E-state index contributed by atoms with van der Waals surface area (Å²) in [5, 5.41) is 21.4. The Bertz CT molecular complexity index is 958. The zero-order valence-electron chi connectivity index (χ0n) is 15.2. The Kier molecular flexibility index (Phi) is 4.26. The third kappa shape index (κ3) is 3.28. The number of fused-ring (bicyclic) bond motifs is 1. The van der Waals surface area contributed by atoms with Crippen LogP contribution in [0, 0.1) is 0 Å². The van der Waals surface area contributed by atoms with Crippen LogP contribution in [0.4, 0.5) is 5.82 Å². The summed E-state index contributed by atoms with van der Waals surface area (Å²) in [4.78, 5) is 9.29. The summed E-state index contributed by atoms with van der Waals surface area (Å²) in [6.07, 6.45) is 6.44. The molecule has 1 saturated heterocycles. The first-order chi connectivity index (χ1) is 13.3. The predicted molar refractivity (Wildman–Crippen MR) is 104 cm³/mol. The van der Waals surface area contributed by atoms with Gasteiger partial charge in [-0.2, -0.15) is 5.10 Å². The minimum absolute atomic E-state index is 0.00457. The van der Waals surface area contributed by atoms with E-state index in [0.717, 1.165) is 66.5 Å². The van der Waals surface area contributed by atoms with Crippen LogP contribution in [-0.2, 0) is 6.61 Å². The minimum Gasteiger partial charge on any atom is -0.392 e. The van der Waals surface area contributed by atoms with Crippen molar-refractivity contribution < 1.29 is 5.11 Å². The standard InChI is InChI=1S/C20H24N6O/c27-12-14-9-19-22-11-17(26(19)25-20(14)13-6-7-13)16-4-1-5-18(24-16)23-15-3-2-8-21-10-15/h1,4-5,9,11,13,15,21,27H,2-3,6-8,10,12H2,(H,23,24)/t15-/m1/s1. The molecule has 0 unspecified atom stereocenters. The zero-order valence-corrected chi connectivity index (χ0v) is 15.2. The lowest BCUT2D eigenvalue weighted by Crippen LogP contribution is -2.38. The van der Waals surface area contributed by atoms with Crippen LogP contribution < -0.4 is 10.6 Å². The molecule has 3 aromatic heterocycles. The number of aliphatic hydroxyl groups excluding tert-OH is 1. The molecule has 3 aromatic rings. The fourth-order valence-electron chi connectivity index (χ4n) is 3.81. The number of aliphatic hydroxyl groups is 1. The second kappa shape index (κ2) is 6.90. The highest BCUT2D eigenvalue weighted by Gasteiger charge is 2.28. The molecule has 27 heavy (non-hydrogen) atoms. The van der Waals surface area contributed by atoms with Crippen LogP contribution in [0.1, 0.15) is 42.9 Å². The fraction of sp³-hybridized carbons (Fsp3) is 0.450. The van der Waals surface area contributed by atoms with Crippen LogP contribution in [-0.4, -0.2) is 43.8 Å². The number of pyridine rings is 1. The molecule has 0 aromatic carbocycles. The van der Waals surface area contributed by atoms with Crippen molar-refractivity contribution in [3.05, 3.63) is 41.7 Å². The molecular weight excluding hydrogens is 340 g/mol. The Hall–Kier alpha value is -2.51. The van der Waals surface area contributed by atoms with Crippen molar-refractivity contribution in [1.29, 1.82) is 0 Å². The Morgan fingerprint density at radius 1 is 1.26 bits per heavy atom. The van der Waals surface area contributed by atoms with E-state index in [0.29, 0.717) is 12.0 Å². The molecule has 1 atom stereocenters. The van der Waals surface area contributed by atoms with Crippen molar-refractivity contribution in [1.82, 2.24) is 24.9 Å². The Labute approximate surface area is 157 Å². The number of nitrogens with one attached hydrogen (secondary N) is 2. The van der Waals surface area contributed by atoms with Crippen LogP contribution in [0.3, 0.4) is 0 Å². The SMILES string of the molecule is OCc1cc2ncc(-c3cccc(N[C@@H]4CCCNC4)n3)n2nc1C1CC1. The number of rotatable bonds is 5. The van der Waals surface area contributed by atoms with Crippen molar-refractivity contribution in [2.75, 3.05) is 18.4 Å². The van der Waals surface area contributed by atoms with Gasteiger partial charge < -0.3 is 15.7 Å². The summed E-state index contributed by atoms with van der Waals surface area (Å²) in [5.41, 5.74) is 4.35. The molecule has 140 valence electrons. The molecule has 0 bridgehead atoms. The third-order valence-electron chi connectivity index (χ3n) is 5.40. The van der Waals surface area contributed by atoms with Gasteiger partial charge in [-0.15, -0.1) is 0 Å². The Morgan fingerprint density at radius 3 is 2.96 bits per heavy atom. The molecule has 1 aliphatic heterocycles. The van der Waals surface area contributed by atoms with Crippen LogP contribution in [0.2, 0.25) is 0 Å². The first-order valence-electron chi connectivity index (χ1n) is 9.75. The van der Waals surface area contributed by atoms with E-state index in [4.69, 9.17) is 10.1 Å². The number of aromatic nitrogens is 4. The van der Waals surface area contributed by atoms with E-state index in [1.165, 1.54) is 6.42 Å². The van der Waals surface area contributed by atoms with E-state index in [-0.39, 0.29) is 6.61 Å². The Morgan fingerprint density at radius 2 is 2.19 bits per heavy atom. The van der Waals surface area contributed by atoms with Crippen molar-refractivity contribution in [3.63, 3.8) is 0 Å². The first-order valence-corrected chi connectivity index (χ1v) is 9.75. The molecule has 1 saturated carbocycles. The van der Waals surface area contributed by atoms with Gasteiger partial charge in [0.2, 0.25) is 0 Å². The van der Waals surface area contributed by atoms with Crippen molar-refractivity contribution in [2.45, 2.75) is 44.2 Å². The van der Waals surface area contributed by atoms with Crippen LogP contribution in [0.5, 0.6) is 0 Å². The summed E-state index contributed by atoms with van der Waals surface area (Å²) in [5.74, 6) is 1.34. The van der Waals surface area contributed by atoms with E-state index < -0.39 is 0 Å². The number of piperidine rings is 1. The highest BCUT2D eigenvalue weighted by atomic mass is 16.3. The summed E-state index contributed by atoms with van der Waals surface area (Å²) in [6, 6.07) is 8.38. The van der Waals surface area contributed by atoms with E-state index >= 15 is 0 Å². The molecule has 2 fully saturated rings. The van der Waals surface area contributed by atoms with Gasteiger partial charge in [0, 0.05) is 24.1 Å². The number of hydrogen-bond donors (Lipinski definition) is 3. The monoisotopic (exact) mass is 364 g/mol. The number of nitrogens with zero attached hydrogens (tertiary/aromatic N) is 4. The van der Waals surface area contributed by atoms with Crippen LogP contribution >= 0.6 is 0 Å². The van der Waals surface area contributed by atoms with Crippen LogP contribution in [0.25, 0.3) is 17.0 Å². The average Bonchev–Trinajstić information content (AvgIpc) is 3.47. The van der Waals surface area contributed by atoms with E-state index in [1.807, 2.05) is 35.0 Å². The molecule has 0 amide bonds. The highest BCUT2D eigenvalue weighted by molar-refractivity contribution is 5.62. The largest absolute Gasteiger partial charge is 0.392 e. The van der Waals surface area contributed by atoms with Gasteiger partial charge in [0.25, 0.3) is 0 Å². The molecule has 7 heteroatoms. The van der Waals surface area contributed by atoms with Crippen molar-refractivity contribution >= 4 is 11.5 Å². The lowest BCUT2D eigenvalue weighted by molar-refractivity contribution is 0.279. The number of hydrogen-bond acceptors (Lipinski definition) is 6. The lowest BCUT2D eigenvalue weighted by atomic mass is 10.1. The quantitative estimate of drug-likeness (QED) is 0.644. The molecule has 7 nitrogen and oxygen atoms in total. The second-order valence-electron chi connectivity index (χ2n) is 7.50. The van der Waals surface area contributed by atoms with E-state index in [9.17, 15) is 5.11 Å². The molecule has 0 spiro atoms. The summed E-state index contributed by atoms with van der Waals surface area (Å²) in [6.45, 7) is 2.07. The number of imidazole rings is 1. The lowest BCUT2D eigenvalue weighted by Gasteiger charge is -2.24. The van der Waals surface area contributed by atoms with Gasteiger partial charge in [0.05, 0.1) is 24.2 Å². The van der Waals surface area contributed by atoms with Gasteiger partial charge >= 0.3 is 0 Å². The molecule has 5 rings (SSSR count). The average molecular weight is 364 g/mol. The first kappa shape index (κ1) is 16.6. The van der Waals surface area contributed by atoms with Gasteiger partial charge in [-0.05, 0) is 50.4 Å². The van der Waals surface area contributed by atoms with Gasteiger partial charge in [-0.1, -0.05) is 6.07 Å². The molecule has 3 N–H and O–H groups in total. The highest BCUT2D eigenvalue weighted by Crippen LogP contribution is 2.41. The predicted octanol–water partition coefficient (Wildman–Crippen LogP) is 2.32. The molecule has 4 heterocycles. The fourth-order valence-corrected chi connectivity index (χ4v) is 3.81. The summed E-state index contributed by atoms with van der Waals surface area (Å²) in [7, 11) is 0. The molecular formula is C20H24N6O. The van der Waals surface area contributed by atoms with E-state index in [1.54, 1.807) is 0 Å². The van der Waals surface area contributed by atoms with E-state index in [2.05, 4.69) is 15.6 Å². The topological polar surface area (TPSA) is 87.4 Å². The Balaban J connectivity index is 1.49. The summed E-state index contributed by atoms with van der Waals surface area (Å²) < 4.78 is 1.86. The maximum Gasteiger partial charge on any atom is 0.154 e. The molecule has 0 radical (unpaired) electrons. The van der Waals surface area contributed by atoms with Gasteiger partial charge in [0.1, 0.15) is 11.5 Å². The second-order valence-corrected chi connectivity index (χ2v) is 7.50. The zero-order chi connectivity index (χ0) is 18.2. The normalized spacial score (nSPS) is 20.1. The van der Waals surface area contributed by atoms with Gasteiger partial charge in [0.15, 0.2) is 5.65 Å². The maximum absolute atomic E-state index is 9.67. The molecule has 1 aliphatic carbocycles. The van der Waals surface area contributed by atoms with Crippen LogP contribution in [0.15, 0.2) is 30.5 Å².